The molecule has 4 rings (SSSR count). The quantitative estimate of drug-likeness (QED) is 0.0971. The maximum absolute atomic E-state index is 12.5. The number of rotatable bonds is 11. The smallest absolute Gasteiger partial charge is 0.364 e. The van der Waals surface area contributed by atoms with E-state index >= 15 is 0 Å². The number of carbonyl (C=O) groups is 1. The lowest BCUT2D eigenvalue weighted by Gasteiger charge is -2.49. The van der Waals surface area contributed by atoms with Gasteiger partial charge in [0.15, 0.2) is 12.6 Å². The summed E-state index contributed by atoms with van der Waals surface area (Å²) in [5.41, 5.74) is 5.89. The van der Waals surface area contributed by atoms with E-state index in [2.05, 4.69) is 0 Å². The Labute approximate surface area is 263 Å². The monoisotopic (exact) mass is 673 g/mol. The van der Waals surface area contributed by atoms with Crippen LogP contribution in [0.2, 0.25) is 0 Å². The lowest BCUT2D eigenvalue weighted by Crippen LogP contribution is -2.69. The van der Waals surface area contributed by atoms with E-state index in [-0.39, 0.29) is 0 Å². The molecule has 19 heteroatoms. The highest BCUT2D eigenvalue weighted by Crippen LogP contribution is 2.38. The van der Waals surface area contributed by atoms with Gasteiger partial charge in [0.25, 0.3) is 5.79 Å². The van der Waals surface area contributed by atoms with Crippen molar-refractivity contribution in [1.82, 2.24) is 0 Å². The lowest BCUT2D eigenvalue weighted by molar-refractivity contribution is -0.377. The molecule has 13 N–H and O–H groups in total. The largest absolute Gasteiger partial charge is 0.477 e. The summed E-state index contributed by atoms with van der Waals surface area (Å²) in [6, 6.07) is -1.44. The predicted octanol–water partition coefficient (Wildman–Crippen LogP) is -6.05. The van der Waals surface area contributed by atoms with Crippen molar-refractivity contribution in [3.05, 3.63) is 0 Å². The van der Waals surface area contributed by atoms with Crippen LogP contribution in [0.25, 0.3) is 0 Å². The van der Waals surface area contributed by atoms with Crippen LogP contribution < -0.4 is 5.73 Å². The number of hydrogen-bond donors (Lipinski definition) is 12. The average Bonchev–Trinajstić information content (AvgIpc) is 3.03. The van der Waals surface area contributed by atoms with Gasteiger partial charge in [-0.15, -0.1) is 0 Å². The fraction of sp³-hybridized carbons (Fsp3) is 0.963. The molecule has 19 nitrogen and oxygen atoms in total. The van der Waals surface area contributed by atoms with E-state index in [1.165, 1.54) is 6.92 Å². The van der Waals surface area contributed by atoms with Crippen molar-refractivity contribution in [1.29, 1.82) is 0 Å². The Morgan fingerprint density at radius 2 is 1.48 bits per heavy atom. The molecule has 0 aromatic carbocycles. The maximum Gasteiger partial charge on any atom is 0.364 e. The Bertz CT molecular complexity index is 996. The third kappa shape index (κ3) is 7.66. The number of hydrogen-bond acceptors (Lipinski definition) is 18. The van der Waals surface area contributed by atoms with Crippen LogP contribution in [0.5, 0.6) is 0 Å². The molecular formula is C27H47NO18. The van der Waals surface area contributed by atoms with Crippen molar-refractivity contribution in [2.45, 2.75) is 149 Å². The molecule has 0 amide bonds. The van der Waals surface area contributed by atoms with Crippen LogP contribution in [-0.4, -0.2) is 185 Å². The van der Waals surface area contributed by atoms with E-state index in [9.17, 15) is 61.0 Å². The molecule has 0 radical (unpaired) electrons. The van der Waals surface area contributed by atoms with Gasteiger partial charge in [0.1, 0.15) is 61.0 Å². The summed E-state index contributed by atoms with van der Waals surface area (Å²) < 4.78 is 34.3. The van der Waals surface area contributed by atoms with E-state index in [1.54, 1.807) is 0 Å². The van der Waals surface area contributed by atoms with Gasteiger partial charge in [-0.05, 0) is 19.8 Å². The zero-order valence-corrected chi connectivity index (χ0v) is 25.1. The minimum atomic E-state index is -2.86. The van der Waals surface area contributed by atoms with E-state index in [1.807, 2.05) is 0 Å². The first-order chi connectivity index (χ1) is 21.6. The van der Waals surface area contributed by atoms with E-state index in [4.69, 9.17) is 34.2 Å². The van der Waals surface area contributed by atoms with Crippen LogP contribution in [0.3, 0.4) is 0 Å². The molecule has 3 heterocycles. The zero-order chi connectivity index (χ0) is 34.1. The summed E-state index contributed by atoms with van der Waals surface area (Å²) in [4.78, 5) is 12.5. The molecule has 18 atom stereocenters. The van der Waals surface area contributed by atoms with Crippen molar-refractivity contribution in [3.63, 3.8) is 0 Å². The van der Waals surface area contributed by atoms with Gasteiger partial charge >= 0.3 is 5.97 Å². The molecule has 3 saturated heterocycles. The van der Waals surface area contributed by atoms with Gasteiger partial charge in [-0.1, -0.05) is 12.8 Å². The second kappa shape index (κ2) is 15.6. The predicted molar refractivity (Wildman–Crippen MR) is 146 cm³/mol. The minimum absolute atomic E-state index is 0.345. The highest BCUT2D eigenvalue weighted by molar-refractivity contribution is 5.76. The molecule has 0 spiro atoms. The van der Waals surface area contributed by atoms with Crippen molar-refractivity contribution in [2.75, 3.05) is 13.2 Å². The summed E-state index contributed by atoms with van der Waals surface area (Å²) in [5.74, 6) is -4.72. The van der Waals surface area contributed by atoms with Crippen LogP contribution in [0, 0.1) is 0 Å². The topological polar surface area (TPSA) is 321 Å². The number of carboxylic acids is 1. The van der Waals surface area contributed by atoms with Crippen molar-refractivity contribution in [3.8, 4) is 0 Å². The van der Waals surface area contributed by atoms with Gasteiger partial charge in [-0.25, -0.2) is 4.79 Å². The Hall–Kier alpha value is -1.21. The molecule has 0 bridgehead atoms. The molecule has 0 aromatic heterocycles. The number of aliphatic carboxylic acids is 1. The number of aliphatic hydroxyl groups excluding tert-OH is 10. The first-order valence-electron chi connectivity index (χ1n) is 15.3. The Morgan fingerprint density at radius 1 is 0.891 bits per heavy atom. The molecule has 0 aromatic rings. The standard InChI is InChI=1S/C27H47NO18/c1-9-16(33)19(36)20(37)24(41-9)42-12-4-2-3-5-13(12)43-25-21(38)23(18(35)14(8-30)44-25)46-27(26(39)40)6-10(31)15(28)22(45-27)17(34)11(32)7-29/h9-25,29-38H,2-8,28H2,1H3,(H,39,40)/t9-,10-,11+,12+,13+,14+,15+,16+,17+,18-,19+,20-,21+,22+,23-,24-,25+,27-/m0/s1. The Morgan fingerprint density at radius 3 is 2.02 bits per heavy atom. The summed E-state index contributed by atoms with van der Waals surface area (Å²) in [7, 11) is 0. The second-order valence-electron chi connectivity index (χ2n) is 12.3. The molecule has 4 aliphatic rings. The van der Waals surface area contributed by atoms with Gasteiger partial charge in [-0.3, -0.25) is 0 Å². The van der Waals surface area contributed by atoms with Crippen LogP contribution >= 0.6 is 0 Å². The van der Waals surface area contributed by atoms with Crippen molar-refractivity contribution >= 4 is 5.97 Å². The second-order valence-corrected chi connectivity index (χ2v) is 12.3. The molecule has 3 aliphatic heterocycles. The van der Waals surface area contributed by atoms with Crippen molar-refractivity contribution in [2.24, 2.45) is 5.73 Å². The fourth-order valence-electron chi connectivity index (χ4n) is 6.23. The number of ether oxygens (including phenoxy) is 6. The van der Waals surface area contributed by atoms with E-state index < -0.39 is 135 Å². The number of nitrogens with two attached hydrogens (primary N) is 1. The zero-order valence-electron chi connectivity index (χ0n) is 25.1. The molecule has 46 heavy (non-hydrogen) atoms. The molecular weight excluding hydrogens is 626 g/mol. The van der Waals surface area contributed by atoms with Crippen molar-refractivity contribution < 1.29 is 89.4 Å². The molecule has 268 valence electrons. The SMILES string of the molecule is C[C@@H]1O[C@@H](O[C@@H]2CCCC[C@H]2O[C@@H]2O[C@H](CO)[C@H](O)[C@H](O[C@]3(C(=O)O)C[C@H](O)[C@@H](N)[C@H]([C@H](O)[C@H](O)CO)O3)[C@H]2O)[C@@H](O)[C@H](O)[C@@H]1O. The van der Waals surface area contributed by atoms with E-state index in [0.29, 0.717) is 25.7 Å². The van der Waals surface area contributed by atoms with Gasteiger partial charge in [0, 0.05) is 6.42 Å². The van der Waals surface area contributed by atoms with Gasteiger partial charge in [0.05, 0.1) is 43.7 Å². The maximum atomic E-state index is 12.5. The summed E-state index contributed by atoms with van der Waals surface area (Å²) in [6.45, 7) is -0.308. The molecule has 1 saturated carbocycles. The third-order valence-electron chi connectivity index (χ3n) is 9.09. The van der Waals surface area contributed by atoms with Crippen LogP contribution in [0.1, 0.15) is 39.0 Å². The molecule has 0 unspecified atom stereocenters. The molecule has 1 aliphatic carbocycles. The highest BCUT2D eigenvalue weighted by Gasteiger charge is 2.59. The molecule has 4 fully saturated rings. The number of aliphatic hydroxyl groups is 10. The van der Waals surface area contributed by atoms with Gasteiger partial charge < -0.3 is 90.3 Å². The third-order valence-corrected chi connectivity index (χ3v) is 9.09. The first kappa shape index (κ1) is 37.6. The Kier molecular flexibility index (Phi) is 12.7. The highest BCUT2D eigenvalue weighted by atomic mass is 16.8. The van der Waals surface area contributed by atoms with Gasteiger partial charge in [-0.2, -0.15) is 0 Å². The number of carboxylic acid groups (broad SMARTS) is 1. The van der Waals surface area contributed by atoms with Crippen LogP contribution in [-0.2, 0) is 33.2 Å². The van der Waals surface area contributed by atoms with Crippen LogP contribution in [0.15, 0.2) is 0 Å². The normalized spacial score (nSPS) is 48.5. The minimum Gasteiger partial charge on any atom is -0.477 e. The Balaban J connectivity index is 1.54. The summed E-state index contributed by atoms with van der Waals surface area (Å²) in [6.07, 6.45) is -23.4. The van der Waals surface area contributed by atoms with Gasteiger partial charge in [0.2, 0.25) is 0 Å². The summed E-state index contributed by atoms with van der Waals surface area (Å²) in [5, 5.41) is 113. The fourth-order valence-corrected chi connectivity index (χ4v) is 6.23. The average molecular weight is 674 g/mol. The first-order valence-corrected chi connectivity index (χ1v) is 15.3. The van der Waals surface area contributed by atoms with Crippen LogP contribution in [0.4, 0.5) is 0 Å². The lowest BCUT2D eigenvalue weighted by atomic mass is 9.88. The summed E-state index contributed by atoms with van der Waals surface area (Å²) >= 11 is 0. The van der Waals surface area contributed by atoms with E-state index in [0.717, 1.165) is 0 Å².